The number of carbonyl (C=O) groups excluding carboxylic acids is 1. The van der Waals surface area contributed by atoms with Crippen molar-refractivity contribution in [2.75, 3.05) is 37.0 Å². The van der Waals surface area contributed by atoms with Crippen LogP contribution >= 0.6 is 0 Å². The van der Waals surface area contributed by atoms with E-state index in [1.165, 1.54) is 28.6 Å². The van der Waals surface area contributed by atoms with E-state index >= 15 is 0 Å². The van der Waals surface area contributed by atoms with E-state index in [0.717, 1.165) is 11.1 Å². The molecule has 0 spiro atoms. The molecule has 2 aliphatic heterocycles. The lowest BCUT2D eigenvalue weighted by Crippen LogP contribution is -2.52. The van der Waals surface area contributed by atoms with Gasteiger partial charge in [0.15, 0.2) is 5.82 Å². The first-order valence-electron chi connectivity index (χ1n) is 11.1. The highest BCUT2D eigenvalue weighted by Gasteiger charge is 2.32. The maximum atomic E-state index is 13.2. The van der Waals surface area contributed by atoms with Gasteiger partial charge in [0.05, 0.1) is 11.0 Å². The number of aromatic amines is 1. The lowest BCUT2D eigenvalue weighted by molar-refractivity contribution is 0.0783. The number of ether oxygens (including phenoxy) is 1. The number of nitriles is 1. The number of rotatable bonds is 6. The van der Waals surface area contributed by atoms with Crippen LogP contribution in [-0.2, 0) is 27.7 Å². The number of hydrogen-bond donors (Lipinski definition) is 2. The summed E-state index contributed by atoms with van der Waals surface area (Å²) in [6.07, 6.45) is 0.748. The molecule has 0 bridgehead atoms. The number of H-pyrrole nitrogens is 1. The standard InChI is InChI=1S/C24H24N6O4S/c1-34-19-14-29(15-19)23-21(12-25)22(27-28-23)26-24(31)17-6-8-20(9-7-17)35(32,33)30-11-10-16-4-2-3-5-18(16)13-30/h2-9,19H,10-11,13-15H2,1H3,(H2,26,27,28,31). The predicted molar refractivity (Wildman–Crippen MR) is 128 cm³/mol. The van der Waals surface area contributed by atoms with Crippen molar-refractivity contribution in [3.8, 4) is 6.07 Å². The predicted octanol–water partition coefficient (Wildman–Crippen LogP) is 2.12. The Balaban J connectivity index is 1.28. The van der Waals surface area contributed by atoms with Gasteiger partial charge in [-0.3, -0.25) is 9.89 Å². The van der Waals surface area contributed by atoms with Gasteiger partial charge < -0.3 is 15.0 Å². The number of amides is 1. The van der Waals surface area contributed by atoms with Crippen molar-refractivity contribution < 1.29 is 17.9 Å². The van der Waals surface area contributed by atoms with Gasteiger partial charge in [0.25, 0.3) is 5.91 Å². The van der Waals surface area contributed by atoms with Crippen LogP contribution in [0, 0.1) is 11.3 Å². The van der Waals surface area contributed by atoms with Gasteiger partial charge in [0.1, 0.15) is 17.5 Å². The molecule has 3 aromatic rings. The van der Waals surface area contributed by atoms with Crippen molar-refractivity contribution in [1.29, 1.82) is 5.26 Å². The van der Waals surface area contributed by atoms with E-state index in [4.69, 9.17) is 4.74 Å². The number of carbonyl (C=O) groups is 1. The smallest absolute Gasteiger partial charge is 0.256 e. The van der Waals surface area contributed by atoms with Crippen molar-refractivity contribution in [2.45, 2.75) is 24.0 Å². The molecule has 0 atom stereocenters. The number of anilines is 2. The van der Waals surface area contributed by atoms with Crippen LogP contribution in [0.1, 0.15) is 27.0 Å². The SMILES string of the molecule is COC1CN(c2n[nH]c(NC(=O)c3ccc(S(=O)(=O)N4CCc5ccccc5C4)cc3)c2C#N)C1. The number of fused-ring (bicyclic) bond motifs is 1. The molecule has 1 saturated heterocycles. The van der Waals surface area contributed by atoms with Crippen LogP contribution in [0.15, 0.2) is 53.4 Å². The summed E-state index contributed by atoms with van der Waals surface area (Å²) in [6.45, 7) is 1.95. The third-order valence-corrected chi connectivity index (χ3v) is 8.29. The van der Waals surface area contributed by atoms with Gasteiger partial charge in [0.2, 0.25) is 10.0 Å². The highest BCUT2D eigenvalue weighted by atomic mass is 32.2. The average molecular weight is 493 g/mol. The van der Waals surface area contributed by atoms with Crippen LogP contribution in [0.25, 0.3) is 0 Å². The monoisotopic (exact) mass is 492 g/mol. The lowest BCUT2D eigenvalue weighted by atomic mass is 10.0. The zero-order valence-electron chi connectivity index (χ0n) is 19.1. The molecule has 3 heterocycles. The highest BCUT2D eigenvalue weighted by molar-refractivity contribution is 7.89. The fourth-order valence-electron chi connectivity index (χ4n) is 4.31. The van der Waals surface area contributed by atoms with E-state index in [-0.39, 0.29) is 27.9 Å². The molecule has 35 heavy (non-hydrogen) atoms. The molecule has 0 aliphatic carbocycles. The summed E-state index contributed by atoms with van der Waals surface area (Å²) < 4.78 is 33.0. The Hall–Kier alpha value is -3.72. The Morgan fingerprint density at radius 2 is 1.89 bits per heavy atom. The summed E-state index contributed by atoms with van der Waals surface area (Å²) in [5, 5.41) is 19.1. The Bertz CT molecular complexity index is 1400. The molecule has 11 heteroatoms. The first kappa shape index (κ1) is 23.0. The van der Waals surface area contributed by atoms with Crippen LogP contribution in [0.2, 0.25) is 0 Å². The van der Waals surface area contributed by atoms with Crippen molar-refractivity contribution >= 4 is 27.6 Å². The summed E-state index contributed by atoms with van der Waals surface area (Å²) >= 11 is 0. The molecule has 1 aromatic heterocycles. The number of hydrogen-bond acceptors (Lipinski definition) is 7. The molecule has 0 saturated carbocycles. The maximum absolute atomic E-state index is 13.2. The topological polar surface area (TPSA) is 131 Å². The summed E-state index contributed by atoms with van der Waals surface area (Å²) in [5.41, 5.74) is 2.66. The van der Waals surface area contributed by atoms with E-state index in [1.54, 1.807) is 7.11 Å². The first-order valence-corrected chi connectivity index (χ1v) is 12.6. The number of aromatic nitrogens is 2. The molecule has 0 unspecified atom stereocenters. The molecule has 2 aromatic carbocycles. The van der Waals surface area contributed by atoms with Crippen LogP contribution in [0.3, 0.4) is 0 Å². The third-order valence-electron chi connectivity index (χ3n) is 6.43. The molecule has 10 nitrogen and oxygen atoms in total. The minimum atomic E-state index is -3.70. The maximum Gasteiger partial charge on any atom is 0.256 e. The normalized spacial score (nSPS) is 16.3. The van der Waals surface area contributed by atoms with Gasteiger partial charge in [0, 0.05) is 38.9 Å². The van der Waals surface area contributed by atoms with Gasteiger partial charge in [-0.25, -0.2) is 8.42 Å². The molecule has 2 N–H and O–H groups in total. The minimum Gasteiger partial charge on any atom is -0.378 e. The van der Waals surface area contributed by atoms with E-state index in [9.17, 15) is 18.5 Å². The summed E-state index contributed by atoms with van der Waals surface area (Å²) in [6, 6.07) is 15.7. The van der Waals surface area contributed by atoms with Gasteiger partial charge in [-0.1, -0.05) is 24.3 Å². The molecule has 1 amide bonds. The van der Waals surface area contributed by atoms with Crippen LogP contribution in [0.4, 0.5) is 11.6 Å². The number of sulfonamides is 1. The van der Waals surface area contributed by atoms with Gasteiger partial charge in [-0.2, -0.15) is 14.7 Å². The average Bonchev–Trinajstić information content (AvgIpc) is 3.25. The van der Waals surface area contributed by atoms with Crippen LogP contribution in [0.5, 0.6) is 0 Å². The van der Waals surface area contributed by atoms with E-state index in [0.29, 0.717) is 38.4 Å². The molecule has 180 valence electrons. The number of methoxy groups -OCH3 is 1. The van der Waals surface area contributed by atoms with E-state index in [2.05, 4.69) is 21.6 Å². The summed E-state index contributed by atoms with van der Waals surface area (Å²) in [4.78, 5) is 14.8. The second kappa shape index (κ2) is 9.14. The lowest BCUT2D eigenvalue weighted by Gasteiger charge is -2.38. The fourth-order valence-corrected chi connectivity index (χ4v) is 5.72. The molecule has 0 radical (unpaired) electrons. The second-order valence-electron chi connectivity index (χ2n) is 8.51. The minimum absolute atomic E-state index is 0.0887. The van der Waals surface area contributed by atoms with Gasteiger partial charge in [-0.05, 0) is 41.8 Å². The molecular weight excluding hydrogens is 468 g/mol. The first-order chi connectivity index (χ1) is 16.9. The van der Waals surface area contributed by atoms with Crippen LogP contribution < -0.4 is 10.2 Å². The summed E-state index contributed by atoms with van der Waals surface area (Å²) in [7, 11) is -2.07. The zero-order chi connectivity index (χ0) is 24.6. The third kappa shape index (κ3) is 4.27. The van der Waals surface area contributed by atoms with E-state index < -0.39 is 15.9 Å². The number of nitrogens with one attached hydrogen (secondary N) is 2. The largest absolute Gasteiger partial charge is 0.378 e. The Morgan fingerprint density at radius 1 is 1.17 bits per heavy atom. The quantitative estimate of drug-likeness (QED) is 0.539. The Kier molecular flexibility index (Phi) is 6.02. The Labute approximate surface area is 203 Å². The molecule has 5 rings (SSSR count). The number of benzene rings is 2. The molecule has 2 aliphatic rings. The summed E-state index contributed by atoms with van der Waals surface area (Å²) in [5.74, 6) is 0.170. The van der Waals surface area contributed by atoms with Gasteiger partial charge in [-0.15, -0.1) is 0 Å². The number of nitrogens with zero attached hydrogens (tertiary/aromatic N) is 4. The Morgan fingerprint density at radius 3 is 2.57 bits per heavy atom. The van der Waals surface area contributed by atoms with Crippen molar-refractivity contribution in [3.63, 3.8) is 0 Å². The van der Waals surface area contributed by atoms with E-state index in [1.807, 2.05) is 29.2 Å². The fraction of sp³-hybridized carbons (Fsp3) is 0.292. The van der Waals surface area contributed by atoms with Crippen molar-refractivity contribution in [2.24, 2.45) is 0 Å². The second-order valence-corrected chi connectivity index (χ2v) is 10.4. The van der Waals surface area contributed by atoms with Gasteiger partial charge >= 0.3 is 0 Å². The highest BCUT2D eigenvalue weighted by Crippen LogP contribution is 2.29. The van der Waals surface area contributed by atoms with Crippen LogP contribution in [-0.4, -0.2) is 61.7 Å². The van der Waals surface area contributed by atoms with Crippen molar-refractivity contribution in [3.05, 3.63) is 70.8 Å². The molecule has 1 fully saturated rings. The van der Waals surface area contributed by atoms with Crippen molar-refractivity contribution in [1.82, 2.24) is 14.5 Å². The zero-order valence-corrected chi connectivity index (χ0v) is 19.9. The molecular formula is C24H24N6O4S.